The van der Waals surface area contributed by atoms with Gasteiger partial charge in [0.15, 0.2) is 0 Å². The third-order valence-corrected chi connectivity index (χ3v) is 3.11. The van der Waals surface area contributed by atoms with Gasteiger partial charge >= 0.3 is 0 Å². The summed E-state index contributed by atoms with van der Waals surface area (Å²) in [6, 6.07) is 0. The lowest BCUT2D eigenvalue weighted by atomic mass is 10.1. The van der Waals surface area contributed by atoms with E-state index in [4.69, 9.17) is 5.26 Å². The van der Waals surface area contributed by atoms with Crippen LogP contribution >= 0.6 is 11.8 Å². The molecule has 0 atom stereocenters. The van der Waals surface area contributed by atoms with Crippen molar-refractivity contribution in [3.8, 4) is 5.40 Å². The van der Waals surface area contributed by atoms with Gasteiger partial charge in [0.05, 0.1) is 0 Å². The Morgan fingerprint density at radius 1 is 1.15 bits per heavy atom. The molecule has 13 heavy (non-hydrogen) atoms. The number of piperidine rings is 1. The van der Waals surface area contributed by atoms with Crippen LogP contribution in [0.3, 0.4) is 0 Å². The third-order valence-electron chi connectivity index (χ3n) is 2.48. The SMILES string of the molecule is N#CSCCCCN1CCCCC1. The molecule has 0 spiro atoms. The highest BCUT2D eigenvalue weighted by Gasteiger charge is 2.08. The van der Waals surface area contributed by atoms with Gasteiger partial charge in [-0.2, -0.15) is 5.26 Å². The van der Waals surface area contributed by atoms with Crippen LogP contribution in [0.2, 0.25) is 0 Å². The van der Waals surface area contributed by atoms with Crippen LogP contribution in [-0.4, -0.2) is 30.3 Å². The van der Waals surface area contributed by atoms with Crippen molar-refractivity contribution in [1.82, 2.24) is 4.90 Å². The van der Waals surface area contributed by atoms with Crippen molar-refractivity contribution < 1.29 is 0 Å². The second kappa shape index (κ2) is 7.23. The second-order valence-electron chi connectivity index (χ2n) is 3.55. The number of thioether (sulfide) groups is 1. The molecule has 1 heterocycles. The fraction of sp³-hybridized carbons (Fsp3) is 0.900. The molecule has 1 fully saturated rings. The number of hydrogen-bond acceptors (Lipinski definition) is 3. The van der Waals surface area contributed by atoms with Gasteiger partial charge in [0.25, 0.3) is 0 Å². The minimum atomic E-state index is 1.00. The summed E-state index contributed by atoms with van der Waals surface area (Å²) in [7, 11) is 0. The predicted molar refractivity (Wildman–Crippen MR) is 57.6 cm³/mol. The van der Waals surface area contributed by atoms with Gasteiger partial charge in [-0.1, -0.05) is 6.42 Å². The Balaban J connectivity index is 1.90. The van der Waals surface area contributed by atoms with Gasteiger partial charge in [-0.15, -0.1) is 0 Å². The van der Waals surface area contributed by atoms with Crippen LogP contribution in [0.4, 0.5) is 0 Å². The van der Waals surface area contributed by atoms with Gasteiger partial charge in [0, 0.05) is 5.75 Å². The van der Waals surface area contributed by atoms with E-state index < -0.39 is 0 Å². The molecule has 0 radical (unpaired) electrons. The van der Waals surface area contributed by atoms with Gasteiger partial charge < -0.3 is 4.90 Å². The van der Waals surface area contributed by atoms with Crippen molar-refractivity contribution in [2.75, 3.05) is 25.4 Å². The maximum atomic E-state index is 8.32. The molecule has 0 aliphatic carbocycles. The highest BCUT2D eigenvalue weighted by Crippen LogP contribution is 2.10. The number of nitriles is 1. The van der Waals surface area contributed by atoms with Crippen molar-refractivity contribution in [3.05, 3.63) is 0 Å². The molecule has 0 saturated carbocycles. The molecule has 0 aromatic heterocycles. The lowest BCUT2D eigenvalue weighted by Gasteiger charge is -2.26. The molecular weight excluding hydrogens is 180 g/mol. The van der Waals surface area contributed by atoms with Crippen LogP contribution in [0.25, 0.3) is 0 Å². The van der Waals surface area contributed by atoms with Crippen molar-refractivity contribution in [2.24, 2.45) is 0 Å². The minimum Gasteiger partial charge on any atom is -0.303 e. The molecule has 1 rings (SSSR count). The quantitative estimate of drug-likeness (QED) is 0.501. The maximum Gasteiger partial charge on any atom is 0.133 e. The summed E-state index contributed by atoms with van der Waals surface area (Å²) in [6.07, 6.45) is 6.63. The molecule has 74 valence electrons. The summed E-state index contributed by atoms with van der Waals surface area (Å²) in [5.41, 5.74) is 0. The number of rotatable bonds is 5. The largest absolute Gasteiger partial charge is 0.303 e. The summed E-state index contributed by atoms with van der Waals surface area (Å²) in [5, 5.41) is 10.4. The summed E-state index contributed by atoms with van der Waals surface area (Å²) in [4.78, 5) is 2.56. The Bertz CT molecular complexity index is 159. The fourth-order valence-electron chi connectivity index (χ4n) is 1.74. The van der Waals surface area contributed by atoms with E-state index in [9.17, 15) is 0 Å². The molecule has 1 aliphatic rings. The Morgan fingerprint density at radius 3 is 2.62 bits per heavy atom. The monoisotopic (exact) mass is 198 g/mol. The van der Waals surface area contributed by atoms with E-state index in [1.807, 2.05) is 0 Å². The first-order valence-electron chi connectivity index (χ1n) is 5.17. The van der Waals surface area contributed by atoms with E-state index in [2.05, 4.69) is 10.3 Å². The van der Waals surface area contributed by atoms with Crippen LogP contribution in [0.1, 0.15) is 32.1 Å². The molecule has 3 heteroatoms. The summed E-state index contributed by atoms with van der Waals surface area (Å²) in [6.45, 7) is 3.84. The highest BCUT2D eigenvalue weighted by atomic mass is 32.2. The van der Waals surface area contributed by atoms with Crippen molar-refractivity contribution in [2.45, 2.75) is 32.1 Å². The average Bonchev–Trinajstić information content (AvgIpc) is 2.19. The standard InChI is InChI=1S/C10H18N2S/c11-10-13-9-5-4-8-12-6-2-1-3-7-12/h1-9H2. The first-order valence-corrected chi connectivity index (χ1v) is 6.15. The third kappa shape index (κ3) is 5.17. The number of nitrogens with zero attached hydrogens (tertiary/aromatic N) is 2. The van der Waals surface area contributed by atoms with Gasteiger partial charge in [0.1, 0.15) is 5.40 Å². The van der Waals surface area contributed by atoms with Crippen LogP contribution in [0.15, 0.2) is 0 Å². The average molecular weight is 198 g/mol. The van der Waals surface area contributed by atoms with Gasteiger partial charge in [-0.3, -0.25) is 0 Å². The van der Waals surface area contributed by atoms with E-state index in [-0.39, 0.29) is 0 Å². The van der Waals surface area contributed by atoms with Crippen molar-refractivity contribution in [1.29, 1.82) is 5.26 Å². The molecule has 1 saturated heterocycles. The zero-order valence-electron chi connectivity index (χ0n) is 8.17. The second-order valence-corrected chi connectivity index (χ2v) is 4.43. The van der Waals surface area contributed by atoms with E-state index in [0.717, 1.165) is 5.75 Å². The maximum absolute atomic E-state index is 8.32. The Labute approximate surface area is 85.3 Å². The van der Waals surface area contributed by atoms with Gasteiger partial charge in [0.2, 0.25) is 0 Å². The van der Waals surface area contributed by atoms with Crippen LogP contribution in [0, 0.1) is 10.7 Å². The van der Waals surface area contributed by atoms with Crippen molar-refractivity contribution in [3.63, 3.8) is 0 Å². The van der Waals surface area contributed by atoms with Crippen molar-refractivity contribution >= 4 is 11.8 Å². The van der Waals surface area contributed by atoms with Crippen LogP contribution < -0.4 is 0 Å². The molecule has 0 amide bonds. The normalized spacial score (nSPS) is 18.4. The van der Waals surface area contributed by atoms with Gasteiger partial charge in [-0.25, -0.2) is 0 Å². The number of hydrogen-bond donors (Lipinski definition) is 0. The van der Waals surface area contributed by atoms with E-state index >= 15 is 0 Å². The zero-order chi connectivity index (χ0) is 9.36. The van der Waals surface area contributed by atoms with E-state index in [1.54, 1.807) is 0 Å². The van der Waals surface area contributed by atoms with E-state index in [1.165, 1.54) is 63.5 Å². The zero-order valence-corrected chi connectivity index (χ0v) is 8.98. The van der Waals surface area contributed by atoms with Gasteiger partial charge in [-0.05, 0) is 57.1 Å². The smallest absolute Gasteiger partial charge is 0.133 e. The molecule has 0 unspecified atom stereocenters. The predicted octanol–water partition coefficient (Wildman–Crippen LogP) is 2.47. The lowest BCUT2D eigenvalue weighted by molar-refractivity contribution is 0.226. The van der Waals surface area contributed by atoms with E-state index in [0.29, 0.717) is 0 Å². The minimum absolute atomic E-state index is 1.00. The Hall–Kier alpha value is -0.200. The molecule has 0 aromatic carbocycles. The molecule has 0 bridgehead atoms. The lowest BCUT2D eigenvalue weighted by Crippen LogP contribution is -2.30. The fourth-order valence-corrected chi connectivity index (χ4v) is 2.18. The Kier molecular flexibility index (Phi) is 6.05. The summed E-state index contributed by atoms with van der Waals surface area (Å²) in [5.74, 6) is 1.00. The number of likely N-dealkylation sites (tertiary alicyclic amines) is 1. The molecule has 0 N–H and O–H groups in total. The molecule has 0 aromatic rings. The summed E-state index contributed by atoms with van der Waals surface area (Å²) < 4.78 is 0. The molecular formula is C10H18N2S. The topological polar surface area (TPSA) is 27.0 Å². The van der Waals surface area contributed by atoms with Crippen LogP contribution in [0.5, 0.6) is 0 Å². The van der Waals surface area contributed by atoms with Crippen LogP contribution in [-0.2, 0) is 0 Å². The number of unbranched alkanes of at least 4 members (excludes halogenated alkanes) is 1. The highest BCUT2D eigenvalue weighted by molar-refractivity contribution is 8.03. The molecule has 2 nitrogen and oxygen atoms in total. The first-order chi connectivity index (χ1) is 6.43. The Morgan fingerprint density at radius 2 is 1.92 bits per heavy atom. The summed E-state index contributed by atoms with van der Waals surface area (Å²) >= 11 is 1.38. The number of thiocyanates is 1. The molecule has 1 aliphatic heterocycles. The first kappa shape index (κ1) is 10.9.